The molecule has 0 saturated carbocycles. The summed E-state index contributed by atoms with van der Waals surface area (Å²) in [6.45, 7) is 22.9. The van der Waals surface area contributed by atoms with E-state index in [1.165, 1.54) is 77.2 Å². The summed E-state index contributed by atoms with van der Waals surface area (Å²) in [5, 5.41) is 2.66. The molecule has 2 aliphatic rings. The Kier molecular flexibility index (Phi) is 6.02. The van der Waals surface area contributed by atoms with E-state index in [0.717, 1.165) is 6.42 Å². The Balaban J connectivity index is 1.93. The van der Waals surface area contributed by atoms with Crippen molar-refractivity contribution in [1.82, 2.24) is 0 Å². The third-order valence-electron chi connectivity index (χ3n) is 7.82. The van der Waals surface area contributed by atoms with Crippen LogP contribution < -0.4 is 10.4 Å². The summed E-state index contributed by atoms with van der Waals surface area (Å²) in [6.07, 6.45) is 9.58. The summed E-state index contributed by atoms with van der Waals surface area (Å²) < 4.78 is 0. The van der Waals surface area contributed by atoms with Gasteiger partial charge in [-0.15, -0.1) is 0 Å². The first-order valence-electron chi connectivity index (χ1n) is 13.7. The van der Waals surface area contributed by atoms with Crippen LogP contribution in [0.25, 0.3) is 33.9 Å². The van der Waals surface area contributed by atoms with E-state index in [4.69, 9.17) is 0 Å². The Bertz CT molecular complexity index is 1590. The lowest BCUT2D eigenvalue weighted by Crippen LogP contribution is -2.31. The van der Waals surface area contributed by atoms with E-state index in [1.807, 2.05) is 0 Å². The second-order valence-electron chi connectivity index (χ2n) is 13.4. The number of rotatable bonds is 2. The van der Waals surface area contributed by atoms with Crippen molar-refractivity contribution in [2.45, 2.75) is 86.5 Å². The highest BCUT2D eigenvalue weighted by Gasteiger charge is 2.29. The van der Waals surface area contributed by atoms with Crippen LogP contribution in [0.3, 0.4) is 0 Å². The van der Waals surface area contributed by atoms with Gasteiger partial charge in [-0.3, -0.25) is 0 Å². The molecule has 37 heavy (non-hydrogen) atoms. The zero-order valence-corrected chi connectivity index (χ0v) is 24.4. The lowest BCUT2D eigenvalue weighted by Gasteiger charge is -2.27. The fraction of sp³-hybridized carbons (Fsp3) is 0.351. The number of allylic oxidation sites excluding steroid dienone is 4. The van der Waals surface area contributed by atoms with Gasteiger partial charge in [0.05, 0.1) is 0 Å². The monoisotopic (exact) mass is 485 g/mol. The molecule has 0 heterocycles. The van der Waals surface area contributed by atoms with Crippen molar-refractivity contribution in [3.8, 4) is 11.1 Å². The third kappa shape index (κ3) is 4.46. The molecule has 0 N–H and O–H groups in total. The molecular weight excluding hydrogens is 444 g/mol. The van der Waals surface area contributed by atoms with Crippen LogP contribution in [-0.2, 0) is 10.8 Å². The van der Waals surface area contributed by atoms with Crippen molar-refractivity contribution >= 4 is 22.8 Å². The molecule has 0 nitrogen and oxygen atoms in total. The molecule has 2 aliphatic carbocycles. The number of hydrogen-bond donors (Lipinski definition) is 0. The van der Waals surface area contributed by atoms with Crippen LogP contribution >= 0.6 is 0 Å². The normalized spacial score (nSPS) is 14.6. The van der Waals surface area contributed by atoms with Gasteiger partial charge >= 0.3 is 0 Å². The minimum atomic E-state index is -0.00673. The molecular formula is C37H41. The molecule has 0 aliphatic heterocycles. The van der Waals surface area contributed by atoms with Gasteiger partial charge in [-0.1, -0.05) is 101 Å². The molecule has 0 bridgehead atoms. The fourth-order valence-electron chi connectivity index (χ4n) is 6.13. The van der Waals surface area contributed by atoms with Gasteiger partial charge in [-0.25, -0.2) is 0 Å². The molecule has 3 aromatic rings. The third-order valence-corrected chi connectivity index (χ3v) is 7.82. The van der Waals surface area contributed by atoms with Crippen molar-refractivity contribution in [2.75, 3.05) is 0 Å². The predicted octanol–water partition coefficient (Wildman–Crippen LogP) is 8.65. The number of aryl methyl sites for hydroxylation is 2. The van der Waals surface area contributed by atoms with Crippen LogP contribution in [0.4, 0.5) is 0 Å². The minimum Gasteiger partial charge on any atom is -0.0795 e. The van der Waals surface area contributed by atoms with E-state index in [1.54, 1.807) is 0 Å². The molecule has 0 fully saturated rings. The summed E-state index contributed by atoms with van der Waals surface area (Å²) in [4.78, 5) is 0. The van der Waals surface area contributed by atoms with E-state index < -0.39 is 0 Å². The first-order valence-corrected chi connectivity index (χ1v) is 13.7. The predicted molar refractivity (Wildman–Crippen MR) is 162 cm³/mol. The van der Waals surface area contributed by atoms with Crippen molar-refractivity contribution < 1.29 is 0 Å². The molecule has 0 spiro atoms. The molecule has 1 radical (unpaired) electrons. The van der Waals surface area contributed by atoms with E-state index >= 15 is 0 Å². The van der Waals surface area contributed by atoms with Crippen LogP contribution in [-0.4, -0.2) is 0 Å². The smallest absolute Gasteiger partial charge is 0.000731 e. The first kappa shape index (κ1) is 25.5. The number of hydrogen-bond acceptors (Lipinski definition) is 0. The zero-order valence-electron chi connectivity index (χ0n) is 24.4. The molecule has 0 atom stereocenters. The van der Waals surface area contributed by atoms with Gasteiger partial charge in [0.1, 0.15) is 0 Å². The maximum Gasteiger partial charge on any atom is -0.000731 e. The fourth-order valence-corrected chi connectivity index (χ4v) is 6.13. The molecule has 5 rings (SSSR count). The minimum absolute atomic E-state index is 0.00673. The van der Waals surface area contributed by atoms with E-state index in [-0.39, 0.29) is 10.8 Å². The van der Waals surface area contributed by atoms with Gasteiger partial charge in [-0.2, -0.15) is 0 Å². The Morgan fingerprint density at radius 1 is 0.784 bits per heavy atom. The van der Waals surface area contributed by atoms with E-state index in [0.29, 0.717) is 0 Å². The molecule has 0 heteroatoms. The highest BCUT2D eigenvalue weighted by Crippen LogP contribution is 2.41. The van der Waals surface area contributed by atoms with Crippen molar-refractivity contribution in [1.29, 1.82) is 0 Å². The van der Waals surface area contributed by atoms with Gasteiger partial charge < -0.3 is 0 Å². The number of fused-ring (bicyclic) bond motifs is 3. The summed E-state index contributed by atoms with van der Waals surface area (Å²) >= 11 is 0. The van der Waals surface area contributed by atoms with Gasteiger partial charge in [0, 0.05) is 0 Å². The van der Waals surface area contributed by atoms with Crippen molar-refractivity contribution in [2.24, 2.45) is 0 Å². The van der Waals surface area contributed by atoms with Crippen LogP contribution in [0.5, 0.6) is 0 Å². The lowest BCUT2D eigenvalue weighted by atomic mass is 9.76. The van der Waals surface area contributed by atoms with E-state index in [2.05, 4.69) is 130 Å². The van der Waals surface area contributed by atoms with Crippen LogP contribution in [0.2, 0.25) is 0 Å². The maximum absolute atomic E-state index is 3.94. The average molecular weight is 486 g/mol. The van der Waals surface area contributed by atoms with Crippen LogP contribution in [0.1, 0.15) is 101 Å². The molecule has 0 saturated heterocycles. The quantitative estimate of drug-likeness (QED) is 0.266. The Hall–Kier alpha value is -3.12. The van der Waals surface area contributed by atoms with Crippen LogP contribution in [0, 0.1) is 13.8 Å². The molecule has 0 aromatic heterocycles. The molecule has 3 aromatic carbocycles. The van der Waals surface area contributed by atoms with Crippen LogP contribution in [0.15, 0.2) is 54.6 Å². The highest BCUT2D eigenvalue weighted by molar-refractivity contribution is 6.01. The highest BCUT2D eigenvalue weighted by atomic mass is 14.3. The van der Waals surface area contributed by atoms with Gasteiger partial charge in [0.2, 0.25) is 0 Å². The lowest BCUT2D eigenvalue weighted by molar-refractivity contribution is 0.583. The average Bonchev–Trinajstić information content (AvgIpc) is 3.40. The van der Waals surface area contributed by atoms with Gasteiger partial charge in [0.25, 0.3) is 0 Å². The molecule has 0 amide bonds. The first-order chi connectivity index (χ1) is 17.3. The standard InChI is InChI=1S/C37H41/c1-22(2)31-21-32-29-15-14-27(36(5,6)7)19-26(29)20-33(32)34(35(31)37(8,9)10)30-13-11-12-28(30)25-17-23(3)16-24(4)18-25/h11-12,14-19,21H,13H2,1-10H3. The van der Waals surface area contributed by atoms with Gasteiger partial charge in [0.15, 0.2) is 0 Å². The molecule has 189 valence electrons. The Labute approximate surface area is 224 Å². The van der Waals surface area contributed by atoms with E-state index in [9.17, 15) is 0 Å². The maximum atomic E-state index is 3.94. The van der Waals surface area contributed by atoms with Gasteiger partial charge in [-0.05, 0) is 124 Å². The summed E-state index contributed by atoms with van der Waals surface area (Å²) in [6, 6.07) is 16.4. The second kappa shape index (κ2) is 8.73. The number of benzene rings is 3. The largest absolute Gasteiger partial charge is 0.0795 e. The van der Waals surface area contributed by atoms with Crippen molar-refractivity contribution in [3.63, 3.8) is 0 Å². The Morgan fingerprint density at radius 2 is 1.46 bits per heavy atom. The second-order valence-corrected chi connectivity index (χ2v) is 13.4. The van der Waals surface area contributed by atoms with Crippen molar-refractivity contribution in [3.05, 3.63) is 104 Å². The Morgan fingerprint density at radius 3 is 2.05 bits per heavy atom. The topological polar surface area (TPSA) is 0 Å². The zero-order chi connectivity index (χ0) is 26.9. The summed E-state index contributed by atoms with van der Waals surface area (Å²) in [7, 11) is 0. The summed E-state index contributed by atoms with van der Waals surface area (Å²) in [5.41, 5.74) is 16.3. The summed E-state index contributed by atoms with van der Waals surface area (Å²) in [5.74, 6) is 0. The molecule has 0 unspecified atom stereocenters. The SMILES string of the molecule is CC(C)=c1cc2c(c(C3=C(c4cc(C)cc(C)c4)C=CC3)c1C(C)(C)C)=[C]c1cc(C(C)(C)C)ccc1-2.